The van der Waals surface area contributed by atoms with Crippen LogP contribution in [0.5, 0.6) is 0 Å². The molecule has 1 fully saturated rings. The summed E-state index contributed by atoms with van der Waals surface area (Å²) in [5.41, 5.74) is 2.58. The molecule has 2 heterocycles. The van der Waals surface area contributed by atoms with E-state index < -0.39 is 5.41 Å². The van der Waals surface area contributed by atoms with E-state index in [0.717, 1.165) is 23.4 Å². The van der Waals surface area contributed by atoms with Crippen molar-refractivity contribution in [2.24, 2.45) is 5.41 Å². The average molecular weight is 441 g/mol. The number of carbonyl (C=O) groups is 1. The first-order valence-electron chi connectivity index (χ1n) is 10.0. The molecule has 0 spiro atoms. The maximum atomic E-state index is 13.8. The summed E-state index contributed by atoms with van der Waals surface area (Å²) in [7, 11) is 0. The molecule has 2 aliphatic carbocycles. The van der Waals surface area contributed by atoms with Gasteiger partial charge < -0.3 is 5.32 Å². The van der Waals surface area contributed by atoms with Gasteiger partial charge in [0.25, 0.3) is 0 Å². The molecule has 1 aromatic carbocycles. The molecule has 3 aromatic rings. The molecule has 154 valence electrons. The number of carbonyl (C=O) groups excluding carboxylic acids is 1. The number of anilines is 1. The molecule has 30 heavy (non-hydrogen) atoms. The van der Waals surface area contributed by atoms with E-state index in [1.807, 2.05) is 19.1 Å². The lowest BCUT2D eigenvalue weighted by Crippen LogP contribution is -2.48. The molecular weight excluding hydrogens is 419 g/mol. The Morgan fingerprint density at radius 2 is 1.63 bits per heavy atom. The number of rotatable bonds is 2. The predicted molar refractivity (Wildman–Crippen MR) is 119 cm³/mol. The Bertz CT molecular complexity index is 1240. The van der Waals surface area contributed by atoms with Crippen LogP contribution < -0.4 is 5.32 Å². The Balaban J connectivity index is 1.72. The quantitative estimate of drug-likeness (QED) is 0.562. The highest BCUT2D eigenvalue weighted by Crippen LogP contribution is 2.70. The first-order valence-corrected chi connectivity index (χ1v) is 10.8. The summed E-state index contributed by atoms with van der Waals surface area (Å²) in [6.07, 6.45) is 3.28. The number of amides is 1. The van der Waals surface area contributed by atoms with Crippen LogP contribution in [0.2, 0.25) is 10.0 Å². The van der Waals surface area contributed by atoms with Gasteiger partial charge >= 0.3 is 0 Å². The van der Waals surface area contributed by atoms with Gasteiger partial charge in [0.2, 0.25) is 5.91 Å². The van der Waals surface area contributed by atoms with Crippen molar-refractivity contribution in [1.82, 2.24) is 15.0 Å². The number of fused-ring (bicyclic) bond motifs is 6. The third-order valence-electron chi connectivity index (χ3n) is 7.62. The largest absolute Gasteiger partial charge is 0.310 e. The van der Waals surface area contributed by atoms with E-state index in [2.05, 4.69) is 31.1 Å². The van der Waals surface area contributed by atoms with Gasteiger partial charge in [-0.25, -0.2) is 15.0 Å². The smallest absolute Gasteiger partial charge is 0.238 e. The number of nitrogens with one attached hydrogen (secondary N) is 1. The predicted octanol–water partition coefficient (Wildman–Crippen LogP) is 5.61. The number of halogens is 2. The molecule has 2 atom stereocenters. The van der Waals surface area contributed by atoms with Gasteiger partial charge in [-0.05, 0) is 55.0 Å². The Hall–Kier alpha value is -2.24. The standard InChI is InChI=1S/C23H22Cl2N4O/c1-12-5-8-26-17(9-12)29-20(30)23-7-6-22(4,21(23,2)3)18-19(23)28-16-11-14(25)13(24)10-15(16)27-18/h5,8-11H,6-7H2,1-4H3,(H,26,29,30). The van der Waals surface area contributed by atoms with Gasteiger partial charge in [-0.2, -0.15) is 0 Å². The fourth-order valence-corrected chi connectivity index (χ4v) is 5.74. The summed E-state index contributed by atoms with van der Waals surface area (Å²) in [5, 5.41) is 3.93. The van der Waals surface area contributed by atoms with Crippen molar-refractivity contribution in [2.45, 2.75) is 51.4 Å². The zero-order valence-corrected chi connectivity index (χ0v) is 18.8. The van der Waals surface area contributed by atoms with E-state index in [-0.39, 0.29) is 16.7 Å². The van der Waals surface area contributed by atoms with Crippen LogP contribution in [-0.4, -0.2) is 20.9 Å². The zero-order valence-electron chi connectivity index (χ0n) is 17.3. The minimum Gasteiger partial charge on any atom is -0.310 e. The third kappa shape index (κ3) is 2.31. The van der Waals surface area contributed by atoms with E-state index in [1.54, 1.807) is 18.3 Å². The van der Waals surface area contributed by atoms with Crippen LogP contribution in [0.1, 0.15) is 50.6 Å². The molecule has 1 N–H and O–H groups in total. The molecular formula is C23H22Cl2N4O. The van der Waals surface area contributed by atoms with E-state index in [0.29, 0.717) is 33.3 Å². The number of benzene rings is 1. The van der Waals surface area contributed by atoms with Crippen LogP contribution >= 0.6 is 23.2 Å². The SMILES string of the molecule is Cc1ccnc(NC(=O)C23CCC(C)(c4nc5cc(Cl)c(Cl)cc5nc42)C3(C)C)c1. The van der Waals surface area contributed by atoms with Gasteiger partial charge in [-0.3, -0.25) is 4.79 Å². The van der Waals surface area contributed by atoms with Crippen molar-refractivity contribution in [3.63, 3.8) is 0 Å². The Labute approximate surface area is 185 Å². The maximum absolute atomic E-state index is 13.8. The number of hydrogen-bond acceptors (Lipinski definition) is 4. The first kappa shape index (κ1) is 19.7. The molecule has 0 saturated heterocycles. The summed E-state index contributed by atoms with van der Waals surface area (Å²) in [5.74, 6) is 0.470. The monoisotopic (exact) mass is 440 g/mol. The molecule has 2 unspecified atom stereocenters. The van der Waals surface area contributed by atoms with Gasteiger partial charge in [0.15, 0.2) is 0 Å². The normalized spacial score (nSPS) is 26.1. The maximum Gasteiger partial charge on any atom is 0.238 e. The van der Waals surface area contributed by atoms with E-state index in [4.69, 9.17) is 33.2 Å². The average Bonchev–Trinajstić information content (AvgIpc) is 2.97. The summed E-state index contributed by atoms with van der Waals surface area (Å²) in [6.45, 7) is 8.47. The zero-order chi connectivity index (χ0) is 21.5. The van der Waals surface area contributed by atoms with Crippen LogP contribution in [0.3, 0.4) is 0 Å². The summed E-state index contributed by atoms with van der Waals surface area (Å²) in [6, 6.07) is 7.25. The summed E-state index contributed by atoms with van der Waals surface area (Å²) >= 11 is 12.5. The van der Waals surface area contributed by atoms with Gasteiger partial charge in [-0.1, -0.05) is 44.0 Å². The van der Waals surface area contributed by atoms with Gasteiger partial charge in [0.05, 0.1) is 37.9 Å². The van der Waals surface area contributed by atoms with Crippen LogP contribution in [0.4, 0.5) is 5.82 Å². The Morgan fingerprint density at radius 3 is 2.27 bits per heavy atom. The highest BCUT2D eigenvalue weighted by Gasteiger charge is 2.73. The minimum absolute atomic E-state index is 0.0817. The molecule has 2 aliphatic rings. The van der Waals surface area contributed by atoms with Crippen molar-refractivity contribution in [3.8, 4) is 0 Å². The van der Waals surface area contributed by atoms with Gasteiger partial charge in [0, 0.05) is 11.6 Å². The van der Waals surface area contributed by atoms with Crippen molar-refractivity contribution >= 4 is 46.0 Å². The summed E-state index contributed by atoms with van der Waals surface area (Å²) < 4.78 is 0. The van der Waals surface area contributed by atoms with E-state index in [1.165, 1.54) is 0 Å². The van der Waals surface area contributed by atoms with Crippen molar-refractivity contribution in [2.75, 3.05) is 5.32 Å². The number of nitrogens with zero attached hydrogens (tertiary/aromatic N) is 3. The molecule has 5 nitrogen and oxygen atoms in total. The second-order valence-corrected chi connectivity index (χ2v) is 10.0. The fourth-order valence-electron chi connectivity index (χ4n) is 5.43. The topological polar surface area (TPSA) is 67.8 Å². The van der Waals surface area contributed by atoms with Gasteiger partial charge in [0.1, 0.15) is 5.82 Å². The molecule has 0 aliphatic heterocycles. The highest BCUT2D eigenvalue weighted by molar-refractivity contribution is 6.42. The number of aromatic nitrogens is 3. The molecule has 1 saturated carbocycles. The molecule has 2 bridgehead atoms. The number of aryl methyl sites for hydroxylation is 1. The minimum atomic E-state index is -0.796. The van der Waals surface area contributed by atoms with Crippen LogP contribution in [0.25, 0.3) is 11.0 Å². The number of hydrogen-bond donors (Lipinski definition) is 1. The summed E-state index contributed by atoms with van der Waals surface area (Å²) in [4.78, 5) is 28.0. The Kier molecular flexibility index (Phi) is 4.04. The van der Waals surface area contributed by atoms with Crippen molar-refractivity contribution < 1.29 is 4.79 Å². The van der Waals surface area contributed by atoms with Crippen molar-refractivity contribution in [1.29, 1.82) is 0 Å². The highest BCUT2D eigenvalue weighted by atomic mass is 35.5. The number of pyridine rings is 1. The second-order valence-electron chi connectivity index (χ2n) is 9.21. The Morgan fingerprint density at radius 1 is 1.00 bits per heavy atom. The van der Waals surface area contributed by atoms with Gasteiger partial charge in [-0.15, -0.1) is 0 Å². The lowest BCUT2D eigenvalue weighted by molar-refractivity contribution is -0.125. The lowest BCUT2D eigenvalue weighted by atomic mass is 9.63. The third-order valence-corrected chi connectivity index (χ3v) is 8.35. The molecule has 1 amide bonds. The fraction of sp³-hybridized carbons (Fsp3) is 0.391. The molecule has 7 heteroatoms. The first-order chi connectivity index (χ1) is 14.1. The second kappa shape index (κ2) is 6.14. The van der Waals surface area contributed by atoms with Crippen LogP contribution in [0, 0.1) is 12.3 Å². The van der Waals surface area contributed by atoms with Crippen LogP contribution in [-0.2, 0) is 15.6 Å². The molecule has 0 radical (unpaired) electrons. The van der Waals surface area contributed by atoms with Crippen LogP contribution in [0.15, 0.2) is 30.5 Å². The van der Waals surface area contributed by atoms with Crippen molar-refractivity contribution in [3.05, 3.63) is 57.5 Å². The van der Waals surface area contributed by atoms with E-state index in [9.17, 15) is 4.79 Å². The van der Waals surface area contributed by atoms with E-state index >= 15 is 0 Å². The molecule has 5 rings (SSSR count). The lowest BCUT2D eigenvalue weighted by Gasteiger charge is -2.39. The molecule has 2 aromatic heterocycles.